The van der Waals surface area contributed by atoms with Crippen LogP contribution in [0.1, 0.15) is 26.3 Å². The highest BCUT2D eigenvalue weighted by molar-refractivity contribution is 6.23. The van der Waals surface area contributed by atoms with E-state index in [1.165, 1.54) is 17.0 Å². The molecular weight excluding hydrogens is 527 g/mol. The second-order valence-corrected chi connectivity index (χ2v) is 9.87. The third kappa shape index (κ3) is 5.29. The average Bonchev–Trinajstić information content (AvgIpc) is 3.18. The van der Waals surface area contributed by atoms with E-state index in [9.17, 15) is 22.8 Å². The summed E-state index contributed by atoms with van der Waals surface area (Å²) in [5, 5.41) is 0. The molecule has 3 heterocycles. The molecule has 1 fully saturated rings. The van der Waals surface area contributed by atoms with Crippen LogP contribution in [0.4, 0.5) is 18.9 Å². The summed E-state index contributed by atoms with van der Waals surface area (Å²) in [6.45, 7) is 3.52. The van der Waals surface area contributed by atoms with Crippen LogP contribution < -0.4 is 19.1 Å². The van der Waals surface area contributed by atoms with E-state index >= 15 is 0 Å². The number of anilines is 1. The molecule has 1 unspecified atom stereocenters. The number of ether oxygens (including phenoxy) is 3. The van der Waals surface area contributed by atoms with Crippen LogP contribution in [-0.4, -0.2) is 73.4 Å². The third-order valence-corrected chi connectivity index (χ3v) is 7.21. The van der Waals surface area contributed by atoms with Gasteiger partial charge in [0.05, 0.1) is 23.4 Å². The Morgan fingerprint density at radius 3 is 2.30 bits per heavy atom. The zero-order valence-electron chi connectivity index (χ0n) is 21.4. The number of alkyl halides is 3. The molecule has 0 N–H and O–H groups in total. The van der Waals surface area contributed by atoms with Crippen molar-refractivity contribution in [3.05, 3.63) is 83.4 Å². The van der Waals surface area contributed by atoms with E-state index < -0.39 is 12.5 Å². The molecule has 3 aliphatic rings. The van der Waals surface area contributed by atoms with E-state index in [0.717, 1.165) is 11.3 Å². The second-order valence-electron chi connectivity index (χ2n) is 9.87. The Kier molecular flexibility index (Phi) is 6.75. The van der Waals surface area contributed by atoms with E-state index in [1.807, 2.05) is 24.3 Å². The Hall–Kier alpha value is -4.25. The highest BCUT2D eigenvalue weighted by Gasteiger charge is 2.41. The molecule has 1 atom stereocenters. The molecule has 11 heteroatoms. The number of fused-ring (bicyclic) bond motifs is 2. The van der Waals surface area contributed by atoms with Gasteiger partial charge in [-0.15, -0.1) is 13.2 Å². The minimum atomic E-state index is -4.72. The zero-order valence-corrected chi connectivity index (χ0v) is 21.4. The van der Waals surface area contributed by atoms with Crippen LogP contribution >= 0.6 is 0 Å². The summed E-state index contributed by atoms with van der Waals surface area (Å²) in [5.41, 5.74) is 2.37. The quantitative estimate of drug-likeness (QED) is 0.421. The Bertz CT molecular complexity index is 1420. The molecule has 3 aliphatic heterocycles. The standard InChI is InChI=1S/C29H26F3N3O5/c30-29(31,32)40-20-10-8-19(9-11-20)16-33-12-14-34(15-13-33)23-5-3-4-22-26(23)28(37)35(27(22)36)17-21-18-38-24-6-1-2-7-25(24)39-21/h1-11,21H,12-18H2. The Balaban J connectivity index is 1.09. The highest BCUT2D eigenvalue weighted by Crippen LogP contribution is 2.35. The van der Waals surface area contributed by atoms with Gasteiger partial charge < -0.3 is 19.1 Å². The first kappa shape index (κ1) is 26.0. The number of hydrogen-bond acceptors (Lipinski definition) is 7. The molecule has 8 nitrogen and oxygen atoms in total. The van der Waals surface area contributed by atoms with Gasteiger partial charge in [0.1, 0.15) is 12.4 Å². The lowest BCUT2D eigenvalue weighted by atomic mass is 10.1. The highest BCUT2D eigenvalue weighted by atomic mass is 19.4. The molecule has 2 amide bonds. The number of hydrogen-bond donors (Lipinski definition) is 0. The number of piperazine rings is 1. The molecular formula is C29H26F3N3O5. The lowest BCUT2D eigenvalue weighted by molar-refractivity contribution is -0.274. The summed E-state index contributed by atoms with van der Waals surface area (Å²) in [7, 11) is 0. The maximum atomic E-state index is 13.5. The van der Waals surface area contributed by atoms with Gasteiger partial charge in [-0.2, -0.15) is 0 Å². The second kappa shape index (κ2) is 10.4. The van der Waals surface area contributed by atoms with Crippen molar-refractivity contribution in [2.24, 2.45) is 0 Å². The average molecular weight is 554 g/mol. The fourth-order valence-electron chi connectivity index (χ4n) is 5.30. The predicted molar refractivity (Wildman–Crippen MR) is 139 cm³/mol. The molecule has 3 aromatic carbocycles. The molecule has 0 spiro atoms. The van der Waals surface area contributed by atoms with Crippen molar-refractivity contribution in [3.63, 3.8) is 0 Å². The van der Waals surface area contributed by atoms with Gasteiger partial charge in [0.25, 0.3) is 11.8 Å². The van der Waals surface area contributed by atoms with Crippen molar-refractivity contribution >= 4 is 17.5 Å². The first-order valence-corrected chi connectivity index (χ1v) is 12.9. The van der Waals surface area contributed by atoms with Crippen LogP contribution in [0.15, 0.2) is 66.7 Å². The van der Waals surface area contributed by atoms with Gasteiger partial charge in [0.15, 0.2) is 17.6 Å². The lowest BCUT2D eigenvalue weighted by Gasteiger charge is -2.36. The van der Waals surface area contributed by atoms with E-state index in [2.05, 4.69) is 14.5 Å². The maximum Gasteiger partial charge on any atom is 0.573 e. The Morgan fingerprint density at radius 2 is 1.57 bits per heavy atom. The van der Waals surface area contributed by atoms with Crippen LogP contribution in [-0.2, 0) is 6.54 Å². The number of para-hydroxylation sites is 2. The molecule has 1 saturated heterocycles. The SMILES string of the molecule is O=C1c2cccc(N3CCN(Cc4ccc(OC(F)(F)F)cc4)CC3)c2C(=O)N1CC1COc2ccccc2O1. The van der Waals surface area contributed by atoms with Crippen LogP contribution in [0, 0.1) is 0 Å². The van der Waals surface area contributed by atoms with E-state index in [4.69, 9.17) is 9.47 Å². The summed E-state index contributed by atoms with van der Waals surface area (Å²) in [5.74, 6) is 0.275. The van der Waals surface area contributed by atoms with Crippen LogP contribution in [0.3, 0.4) is 0 Å². The molecule has 0 saturated carbocycles. The summed E-state index contributed by atoms with van der Waals surface area (Å²) in [4.78, 5) is 32.3. The number of nitrogens with zero attached hydrogens (tertiary/aromatic N) is 3. The normalized spacial score (nSPS) is 19.1. The van der Waals surface area contributed by atoms with Gasteiger partial charge >= 0.3 is 6.36 Å². The Labute approximate surface area is 228 Å². The smallest absolute Gasteiger partial charge is 0.486 e. The van der Waals surface area contributed by atoms with Crippen molar-refractivity contribution in [2.45, 2.75) is 19.0 Å². The van der Waals surface area contributed by atoms with Crippen LogP contribution in [0.2, 0.25) is 0 Å². The topological polar surface area (TPSA) is 71.6 Å². The largest absolute Gasteiger partial charge is 0.573 e. The molecule has 0 bridgehead atoms. The fourth-order valence-corrected chi connectivity index (χ4v) is 5.30. The van der Waals surface area contributed by atoms with Crippen LogP contribution in [0.5, 0.6) is 17.2 Å². The molecule has 208 valence electrons. The van der Waals surface area contributed by atoms with E-state index in [1.54, 1.807) is 30.3 Å². The van der Waals surface area contributed by atoms with Crippen molar-refractivity contribution < 1.29 is 37.0 Å². The van der Waals surface area contributed by atoms with Crippen molar-refractivity contribution in [1.82, 2.24) is 9.80 Å². The van der Waals surface area contributed by atoms with Crippen molar-refractivity contribution in [3.8, 4) is 17.2 Å². The number of halogens is 3. The molecule has 3 aromatic rings. The summed E-state index contributed by atoms with van der Waals surface area (Å²) in [6, 6.07) is 18.5. The first-order chi connectivity index (χ1) is 19.2. The number of rotatable bonds is 6. The zero-order chi connectivity index (χ0) is 27.9. The minimum absolute atomic E-state index is 0.0840. The maximum absolute atomic E-state index is 13.5. The van der Waals surface area contributed by atoms with Gasteiger partial charge in [-0.25, -0.2) is 0 Å². The number of carbonyl (C=O) groups excluding carboxylic acids is 2. The minimum Gasteiger partial charge on any atom is -0.486 e. The van der Waals surface area contributed by atoms with Gasteiger partial charge in [-0.05, 0) is 42.0 Å². The number of amides is 2. The summed E-state index contributed by atoms with van der Waals surface area (Å²) in [6.07, 6.45) is -5.19. The fraction of sp³-hybridized carbons (Fsp3) is 0.310. The van der Waals surface area contributed by atoms with Gasteiger partial charge in [-0.3, -0.25) is 19.4 Å². The van der Waals surface area contributed by atoms with E-state index in [-0.39, 0.29) is 30.7 Å². The monoisotopic (exact) mass is 553 g/mol. The molecule has 0 aromatic heterocycles. The number of benzene rings is 3. The molecule has 0 radical (unpaired) electrons. The molecule has 0 aliphatic carbocycles. The van der Waals surface area contributed by atoms with Crippen LogP contribution in [0.25, 0.3) is 0 Å². The third-order valence-electron chi connectivity index (χ3n) is 7.21. The van der Waals surface area contributed by atoms with Crippen molar-refractivity contribution in [2.75, 3.05) is 44.2 Å². The summed E-state index contributed by atoms with van der Waals surface area (Å²) >= 11 is 0. The van der Waals surface area contributed by atoms with Gasteiger partial charge in [0, 0.05) is 32.7 Å². The first-order valence-electron chi connectivity index (χ1n) is 12.9. The van der Waals surface area contributed by atoms with Gasteiger partial charge in [0.2, 0.25) is 0 Å². The molecule has 40 heavy (non-hydrogen) atoms. The van der Waals surface area contributed by atoms with Gasteiger partial charge in [-0.1, -0.05) is 30.3 Å². The lowest BCUT2D eigenvalue weighted by Crippen LogP contribution is -2.46. The summed E-state index contributed by atoms with van der Waals surface area (Å²) < 4.78 is 52.9. The Morgan fingerprint density at radius 1 is 0.850 bits per heavy atom. The number of carbonyl (C=O) groups is 2. The van der Waals surface area contributed by atoms with Crippen molar-refractivity contribution in [1.29, 1.82) is 0 Å². The number of imide groups is 1. The van der Waals surface area contributed by atoms with E-state index in [0.29, 0.717) is 55.3 Å². The predicted octanol–water partition coefficient (Wildman–Crippen LogP) is 4.34. The molecule has 6 rings (SSSR count).